The van der Waals surface area contributed by atoms with Crippen molar-refractivity contribution in [2.75, 3.05) is 25.0 Å². The summed E-state index contributed by atoms with van der Waals surface area (Å²) in [5, 5.41) is 7.25. The van der Waals surface area contributed by atoms with Crippen LogP contribution in [0.4, 0.5) is 5.69 Å². The molecule has 7 heteroatoms. The third-order valence-electron chi connectivity index (χ3n) is 6.75. The molecule has 1 N–H and O–H groups in total. The predicted molar refractivity (Wildman–Crippen MR) is 115 cm³/mol. The van der Waals surface area contributed by atoms with E-state index >= 15 is 0 Å². The summed E-state index contributed by atoms with van der Waals surface area (Å²) in [6.07, 6.45) is 2.48. The minimum atomic E-state index is -0.521. The number of carbonyl (C=O) groups excluding carboxylic acids is 1. The van der Waals surface area contributed by atoms with Gasteiger partial charge < -0.3 is 19.5 Å². The van der Waals surface area contributed by atoms with E-state index in [1.807, 2.05) is 48.5 Å². The van der Waals surface area contributed by atoms with Gasteiger partial charge >= 0.3 is 0 Å². The fourth-order valence-corrected chi connectivity index (χ4v) is 5.04. The van der Waals surface area contributed by atoms with E-state index in [1.165, 1.54) is 25.9 Å². The van der Waals surface area contributed by atoms with Gasteiger partial charge in [0.15, 0.2) is 11.9 Å². The van der Waals surface area contributed by atoms with Crippen LogP contribution < -0.4 is 10.1 Å². The molecule has 4 aliphatic rings. The fraction of sp³-hybridized carbons (Fsp3) is 0.375. The molecule has 0 aliphatic carbocycles. The van der Waals surface area contributed by atoms with Gasteiger partial charge in [-0.15, -0.1) is 0 Å². The Kier molecular flexibility index (Phi) is 4.49. The molecule has 3 saturated heterocycles. The lowest BCUT2D eigenvalue weighted by Gasteiger charge is -2.43. The molecule has 3 fully saturated rings. The second kappa shape index (κ2) is 7.50. The van der Waals surface area contributed by atoms with Crippen molar-refractivity contribution in [3.8, 4) is 17.2 Å². The summed E-state index contributed by atoms with van der Waals surface area (Å²) >= 11 is 0. The van der Waals surface area contributed by atoms with Crippen molar-refractivity contribution in [2.24, 2.45) is 5.92 Å². The number of hydrogen-bond acceptors (Lipinski definition) is 6. The molecule has 7 nitrogen and oxygen atoms in total. The Hall–Kier alpha value is -3.19. The molecule has 1 aromatic heterocycles. The first-order chi connectivity index (χ1) is 15.2. The Labute approximate surface area is 180 Å². The minimum Gasteiger partial charge on any atom is -0.480 e. The molecule has 3 aromatic rings. The van der Waals surface area contributed by atoms with Crippen LogP contribution in [0, 0.1) is 5.92 Å². The van der Waals surface area contributed by atoms with Crippen LogP contribution >= 0.6 is 0 Å². The summed E-state index contributed by atoms with van der Waals surface area (Å²) in [6, 6.07) is 15.3. The van der Waals surface area contributed by atoms with E-state index in [-0.39, 0.29) is 5.91 Å². The van der Waals surface area contributed by atoms with Gasteiger partial charge in [-0.1, -0.05) is 29.4 Å². The molecule has 2 atom stereocenters. The van der Waals surface area contributed by atoms with E-state index in [0.29, 0.717) is 29.8 Å². The molecular formula is C24H24N4O3. The molecule has 1 amide bonds. The maximum absolute atomic E-state index is 12.7. The first-order valence-electron chi connectivity index (χ1n) is 10.9. The molecule has 158 valence electrons. The molecule has 0 spiro atoms. The van der Waals surface area contributed by atoms with Crippen LogP contribution in [0.1, 0.15) is 30.1 Å². The van der Waals surface area contributed by atoms with Gasteiger partial charge in [0.2, 0.25) is 0 Å². The maximum atomic E-state index is 12.7. The van der Waals surface area contributed by atoms with Gasteiger partial charge in [-0.3, -0.25) is 4.79 Å². The predicted octanol–water partition coefficient (Wildman–Crippen LogP) is 3.49. The average Bonchev–Trinajstić information content (AvgIpc) is 3.48. The van der Waals surface area contributed by atoms with Crippen LogP contribution in [0.25, 0.3) is 11.5 Å². The number of fused-ring (bicyclic) bond motifs is 4. The second-order valence-electron chi connectivity index (χ2n) is 8.69. The summed E-state index contributed by atoms with van der Waals surface area (Å²) in [5.74, 6) is 2.91. The van der Waals surface area contributed by atoms with Crippen LogP contribution in [0.3, 0.4) is 0 Å². The molecule has 0 saturated carbocycles. The quantitative estimate of drug-likeness (QED) is 0.701. The number of piperidine rings is 3. The van der Waals surface area contributed by atoms with E-state index in [2.05, 4.69) is 15.4 Å². The number of amides is 1. The number of benzene rings is 2. The Bertz CT molecular complexity index is 1090. The minimum absolute atomic E-state index is 0.160. The number of nitrogens with zero attached hydrogens (tertiary/aromatic N) is 3. The number of rotatable bonds is 4. The average molecular weight is 416 g/mol. The largest absolute Gasteiger partial charge is 0.480 e. The van der Waals surface area contributed by atoms with Crippen LogP contribution in [-0.4, -0.2) is 46.7 Å². The highest BCUT2D eigenvalue weighted by molar-refractivity contribution is 5.95. The van der Waals surface area contributed by atoms with Crippen molar-refractivity contribution in [1.82, 2.24) is 15.0 Å². The molecule has 2 aromatic carbocycles. The van der Waals surface area contributed by atoms with E-state index in [4.69, 9.17) is 14.2 Å². The van der Waals surface area contributed by atoms with Crippen LogP contribution in [0.5, 0.6) is 5.75 Å². The first-order valence-corrected chi connectivity index (χ1v) is 10.9. The van der Waals surface area contributed by atoms with Crippen molar-refractivity contribution >= 4 is 11.6 Å². The number of hydrogen-bond donors (Lipinski definition) is 1. The lowest BCUT2D eigenvalue weighted by Crippen LogP contribution is -2.46. The Morgan fingerprint density at radius 2 is 1.97 bits per heavy atom. The molecule has 31 heavy (non-hydrogen) atoms. The zero-order valence-corrected chi connectivity index (χ0v) is 17.2. The summed E-state index contributed by atoms with van der Waals surface area (Å²) in [7, 11) is 0. The van der Waals surface area contributed by atoms with Gasteiger partial charge in [-0.25, -0.2) is 0 Å². The number of anilines is 1. The Balaban J connectivity index is 1.16. The molecule has 0 radical (unpaired) electrons. The van der Waals surface area contributed by atoms with Crippen molar-refractivity contribution in [2.45, 2.75) is 31.3 Å². The third-order valence-corrected chi connectivity index (χ3v) is 6.75. The van der Waals surface area contributed by atoms with Crippen LogP contribution in [0.2, 0.25) is 0 Å². The van der Waals surface area contributed by atoms with Crippen molar-refractivity contribution in [1.29, 1.82) is 0 Å². The molecule has 5 heterocycles. The van der Waals surface area contributed by atoms with Gasteiger partial charge in [0.05, 0.1) is 0 Å². The SMILES string of the molecule is O=C(Nc1cccc(-c2nc(C3CN4CCC3CC4)no2)c1)C1Cc2ccccc2O1. The molecule has 7 rings (SSSR count). The van der Waals surface area contributed by atoms with Gasteiger partial charge in [0.25, 0.3) is 11.8 Å². The normalized spacial score (nSPS) is 26.3. The van der Waals surface area contributed by atoms with Gasteiger partial charge in [0, 0.05) is 30.1 Å². The lowest BCUT2D eigenvalue weighted by molar-refractivity contribution is -0.122. The lowest BCUT2D eigenvalue weighted by atomic mass is 9.79. The summed E-state index contributed by atoms with van der Waals surface area (Å²) in [4.78, 5) is 19.9. The monoisotopic (exact) mass is 416 g/mol. The number of ether oxygens (including phenoxy) is 1. The topological polar surface area (TPSA) is 80.5 Å². The highest BCUT2D eigenvalue weighted by Crippen LogP contribution is 2.38. The molecule has 2 unspecified atom stereocenters. The number of aromatic nitrogens is 2. The summed E-state index contributed by atoms with van der Waals surface area (Å²) in [5.41, 5.74) is 2.54. The number of carbonyl (C=O) groups is 1. The van der Waals surface area contributed by atoms with Crippen LogP contribution in [0.15, 0.2) is 53.1 Å². The van der Waals surface area contributed by atoms with Gasteiger partial charge in [0.1, 0.15) is 5.75 Å². The van der Waals surface area contributed by atoms with Crippen molar-refractivity contribution < 1.29 is 14.1 Å². The number of para-hydroxylation sites is 1. The molecular weight excluding hydrogens is 392 g/mol. The van der Waals surface area contributed by atoms with E-state index in [1.54, 1.807) is 0 Å². The smallest absolute Gasteiger partial charge is 0.265 e. The van der Waals surface area contributed by atoms with E-state index in [0.717, 1.165) is 29.2 Å². The van der Waals surface area contributed by atoms with Gasteiger partial charge in [-0.2, -0.15) is 4.98 Å². The fourth-order valence-electron chi connectivity index (χ4n) is 5.04. The third kappa shape index (κ3) is 3.49. The Morgan fingerprint density at radius 3 is 2.77 bits per heavy atom. The zero-order valence-electron chi connectivity index (χ0n) is 17.2. The standard InChI is InChI=1S/C24H24N4O3/c29-23(21-13-16-4-1-2-7-20(16)30-21)25-18-6-3-5-17(12-18)24-26-22(27-31-24)19-14-28-10-8-15(19)9-11-28/h1-7,12,15,19,21H,8-11,13-14H2,(H,25,29). The molecule has 2 bridgehead atoms. The second-order valence-corrected chi connectivity index (χ2v) is 8.69. The van der Waals surface area contributed by atoms with Gasteiger partial charge in [-0.05, 0) is 61.7 Å². The maximum Gasteiger partial charge on any atom is 0.265 e. The summed E-state index contributed by atoms with van der Waals surface area (Å²) < 4.78 is 11.4. The first kappa shape index (κ1) is 18.6. The summed E-state index contributed by atoms with van der Waals surface area (Å²) in [6.45, 7) is 3.39. The highest BCUT2D eigenvalue weighted by Gasteiger charge is 2.37. The zero-order chi connectivity index (χ0) is 20.8. The Morgan fingerprint density at radius 1 is 1.10 bits per heavy atom. The van der Waals surface area contributed by atoms with E-state index in [9.17, 15) is 4.79 Å². The van der Waals surface area contributed by atoms with Crippen molar-refractivity contribution in [3.63, 3.8) is 0 Å². The number of nitrogens with one attached hydrogen (secondary N) is 1. The molecule has 4 aliphatic heterocycles. The van der Waals surface area contributed by atoms with Crippen LogP contribution in [-0.2, 0) is 11.2 Å². The van der Waals surface area contributed by atoms with E-state index < -0.39 is 6.10 Å². The highest BCUT2D eigenvalue weighted by atomic mass is 16.5. The van der Waals surface area contributed by atoms with Crippen molar-refractivity contribution in [3.05, 3.63) is 59.9 Å².